The van der Waals surface area contributed by atoms with Gasteiger partial charge in [0.1, 0.15) is 0 Å². The molecular formula is C9H21NO2. The molecule has 0 aliphatic carbocycles. The van der Waals surface area contributed by atoms with E-state index in [9.17, 15) is 5.11 Å². The normalized spacial score (nSPS) is 16.0. The van der Waals surface area contributed by atoms with Crippen LogP contribution >= 0.6 is 0 Å². The Morgan fingerprint density at radius 2 is 2.08 bits per heavy atom. The second-order valence-corrected chi connectivity index (χ2v) is 3.31. The molecule has 0 spiro atoms. The minimum atomic E-state index is -0.731. The lowest BCUT2D eigenvalue weighted by atomic mass is 10.1. The molecule has 1 atom stereocenters. The van der Waals surface area contributed by atoms with Gasteiger partial charge in [-0.15, -0.1) is 0 Å². The van der Waals surface area contributed by atoms with Gasteiger partial charge in [0, 0.05) is 13.2 Å². The Morgan fingerprint density at radius 1 is 1.42 bits per heavy atom. The molecule has 0 rings (SSSR count). The van der Waals surface area contributed by atoms with Crippen molar-refractivity contribution in [2.45, 2.75) is 32.8 Å². The summed E-state index contributed by atoms with van der Waals surface area (Å²) >= 11 is 0. The molecule has 0 bridgehead atoms. The Balaban J connectivity index is 3.42. The Kier molecular flexibility index (Phi) is 6.34. The predicted molar refractivity (Wildman–Crippen MR) is 50.3 cm³/mol. The molecule has 0 aromatic carbocycles. The van der Waals surface area contributed by atoms with Crippen molar-refractivity contribution in [2.75, 3.05) is 26.3 Å². The van der Waals surface area contributed by atoms with Gasteiger partial charge in [-0.25, -0.2) is 0 Å². The number of hydrogen-bond donors (Lipinski definition) is 2. The highest BCUT2D eigenvalue weighted by Crippen LogP contribution is 2.01. The van der Waals surface area contributed by atoms with Crippen molar-refractivity contribution in [3.8, 4) is 0 Å². The van der Waals surface area contributed by atoms with Crippen LogP contribution in [0.2, 0.25) is 0 Å². The number of hydrogen-bond acceptors (Lipinski definition) is 3. The van der Waals surface area contributed by atoms with Crippen LogP contribution in [0.1, 0.15) is 27.2 Å². The Hall–Kier alpha value is -0.120. The summed E-state index contributed by atoms with van der Waals surface area (Å²) in [5, 5.41) is 12.8. The zero-order valence-corrected chi connectivity index (χ0v) is 8.39. The van der Waals surface area contributed by atoms with Crippen molar-refractivity contribution >= 4 is 0 Å². The van der Waals surface area contributed by atoms with Gasteiger partial charge in [0.15, 0.2) is 0 Å². The highest BCUT2D eigenvalue weighted by atomic mass is 16.5. The third-order valence-corrected chi connectivity index (χ3v) is 1.55. The molecule has 3 nitrogen and oxygen atoms in total. The zero-order valence-electron chi connectivity index (χ0n) is 8.39. The smallest absolute Gasteiger partial charge is 0.0975 e. The average Bonchev–Trinajstić information content (AvgIpc) is 2.01. The zero-order chi connectivity index (χ0) is 9.45. The van der Waals surface area contributed by atoms with Crippen LogP contribution in [0.15, 0.2) is 0 Å². The molecule has 0 fully saturated rings. The first-order valence-electron chi connectivity index (χ1n) is 4.63. The molecule has 0 amide bonds. The molecular weight excluding hydrogens is 154 g/mol. The third-order valence-electron chi connectivity index (χ3n) is 1.55. The summed E-state index contributed by atoms with van der Waals surface area (Å²) in [6.45, 7) is 8.42. The van der Waals surface area contributed by atoms with Crippen molar-refractivity contribution in [1.82, 2.24) is 5.32 Å². The molecule has 12 heavy (non-hydrogen) atoms. The number of rotatable bonds is 7. The van der Waals surface area contributed by atoms with E-state index in [1.807, 2.05) is 6.92 Å². The van der Waals surface area contributed by atoms with Crippen molar-refractivity contribution in [3.63, 3.8) is 0 Å². The fourth-order valence-corrected chi connectivity index (χ4v) is 0.907. The molecule has 74 valence electrons. The first-order valence-corrected chi connectivity index (χ1v) is 4.63. The van der Waals surface area contributed by atoms with Crippen LogP contribution in [-0.4, -0.2) is 37.0 Å². The van der Waals surface area contributed by atoms with E-state index in [4.69, 9.17) is 4.74 Å². The molecule has 0 aliphatic rings. The molecule has 0 saturated heterocycles. The van der Waals surface area contributed by atoms with Gasteiger partial charge in [0.25, 0.3) is 0 Å². The molecule has 0 radical (unpaired) electrons. The summed E-state index contributed by atoms with van der Waals surface area (Å²) in [5.41, 5.74) is -0.731. The van der Waals surface area contributed by atoms with Crippen molar-refractivity contribution < 1.29 is 9.84 Å². The average molecular weight is 175 g/mol. The van der Waals surface area contributed by atoms with Gasteiger partial charge in [-0.2, -0.15) is 0 Å². The van der Waals surface area contributed by atoms with Crippen LogP contribution in [0.4, 0.5) is 0 Å². The maximum absolute atomic E-state index is 9.68. The summed E-state index contributed by atoms with van der Waals surface area (Å²) in [4.78, 5) is 0. The largest absolute Gasteiger partial charge is 0.386 e. The molecule has 0 aromatic rings. The summed E-state index contributed by atoms with van der Waals surface area (Å²) in [6.07, 6.45) is 1.09. The number of aliphatic hydroxyl groups is 1. The third kappa shape index (κ3) is 6.58. The second-order valence-electron chi connectivity index (χ2n) is 3.31. The standard InChI is InChI=1S/C9H21NO2/c1-4-6-10-7-9(3,11)8-12-5-2/h10-11H,4-8H2,1-3H3. The van der Waals surface area contributed by atoms with E-state index in [-0.39, 0.29) is 0 Å². The lowest BCUT2D eigenvalue weighted by Crippen LogP contribution is -2.42. The van der Waals surface area contributed by atoms with Crippen LogP contribution in [0, 0.1) is 0 Å². The van der Waals surface area contributed by atoms with Crippen LogP contribution < -0.4 is 5.32 Å². The van der Waals surface area contributed by atoms with Crippen LogP contribution in [0.25, 0.3) is 0 Å². The van der Waals surface area contributed by atoms with Gasteiger partial charge in [0.2, 0.25) is 0 Å². The van der Waals surface area contributed by atoms with Crippen LogP contribution in [0.3, 0.4) is 0 Å². The predicted octanol–water partition coefficient (Wildman–Crippen LogP) is 0.773. The van der Waals surface area contributed by atoms with Crippen molar-refractivity contribution in [2.24, 2.45) is 0 Å². The minimum absolute atomic E-state index is 0.403. The van der Waals surface area contributed by atoms with E-state index in [1.54, 1.807) is 6.92 Å². The Labute approximate surface area is 75.1 Å². The van der Waals surface area contributed by atoms with Crippen molar-refractivity contribution in [3.05, 3.63) is 0 Å². The SMILES string of the molecule is CCCNCC(C)(O)COCC. The highest BCUT2D eigenvalue weighted by molar-refractivity contribution is 4.74. The van der Waals surface area contributed by atoms with E-state index < -0.39 is 5.60 Å². The van der Waals surface area contributed by atoms with Crippen LogP contribution in [0.5, 0.6) is 0 Å². The van der Waals surface area contributed by atoms with E-state index in [0.717, 1.165) is 13.0 Å². The van der Waals surface area contributed by atoms with E-state index in [0.29, 0.717) is 19.8 Å². The van der Waals surface area contributed by atoms with E-state index >= 15 is 0 Å². The summed E-state index contributed by atoms with van der Waals surface area (Å²) < 4.78 is 5.14. The minimum Gasteiger partial charge on any atom is -0.386 e. The highest BCUT2D eigenvalue weighted by Gasteiger charge is 2.19. The maximum atomic E-state index is 9.68. The maximum Gasteiger partial charge on any atom is 0.0975 e. The van der Waals surface area contributed by atoms with E-state index in [1.165, 1.54) is 0 Å². The first kappa shape index (κ1) is 11.9. The molecule has 1 unspecified atom stereocenters. The summed E-state index contributed by atoms with van der Waals surface area (Å²) in [7, 11) is 0. The quantitative estimate of drug-likeness (QED) is 0.562. The molecule has 3 heteroatoms. The fourth-order valence-electron chi connectivity index (χ4n) is 0.907. The lowest BCUT2D eigenvalue weighted by Gasteiger charge is -2.23. The van der Waals surface area contributed by atoms with Gasteiger partial charge in [-0.3, -0.25) is 0 Å². The summed E-state index contributed by atoms with van der Waals surface area (Å²) in [6, 6.07) is 0. The monoisotopic (exact) mass is 175 g/mol. The van der Waals surface area contributed by atoms with Gasteiger partial charge in [-0.1, -0.05) is 6.92 Å². The lowest BCUT2D eigenvalue weighted by molar-refractivity contribution is -0.0287. The molecule has 0 saturated carbocycles. The Morgan fingerprint density at radius 3 is 2.58 bits per heavy atom. The topological polar surface area (TPSA) is 41.5 Å². The Bertz CT molecular complexity index is 105. The van der Waals surface area contributed by atoms with Crippen LogP contribution in [-0.2, 0) is 4.74 Å². The molecule has 0 aliphatic heterocycles. The van der Waals surface area contributed by atoms with Gasteiger partial charge in [0.05, 0.1) is 12.2 Å². The van der Waals surface area contributed by atoms with Gasteiger partial charge in [-0.05, 0) is 26.8 Å². The number of ether oxygens (including phenoxy) is 1. The van der Waals surface area contributed by atoms with Gasteiger partial charge < -0.3 is 15.2 Å². The van der Waals surface area contributed by atoms with E-state index in [2.05, 4.69) is 12.2 Å². The molecule has 2 N–H and O–H groups in total. The second kappa shape index (κ2) is 6.40. The number of nitrogens with one attached hydrogen (secondary N) is 1. The van der Waals surface area contributed by atoms with Gasteiger partial charge >= 0.3 is 0 Å². The molecule has 0 aromatic heterocycles. The summed E-state index contributed by atoms with van der Waals surface area (Å²) in [5.74, 6) is 0. The van der Waals surface area contributed by atoms with Crippen molar-refractivity contribution in [1.29, 1.82) is 0 Å². The fraction of sp³-hybridized carbons (Fsp3) is 1.00. The molecule has 0 heterocycles. The first-order chi connectivity index (χ1) is 5.62.